The number of halogens is 1. The molecule has 0 saturated carbocycles. The third-order valence-electron chi connectivity index (χ3n) is 2.95. The quantitative estimate of drug-likeness (QED) is 0.899. The van der Waals surface area contributed by atoms with Gasteiger partial charge in [0.05, 0.1) is 0 Å². The highest BCUT2D eigenvalue weighted by Gasteiger charge is 2.08. The van der Waals surface area contributed by atoms with Crippen LogP contribution in [-0.2, 0) is 6.42 Å². The van der Waals surface area contributed by atoms with Gasteiger partial charge in [-0.25, -0.2) is 4.39 Å². The zero-order valence-electron chi connectivity index (χ0n) is 11.3. The Balaban J connectivity index is 2.10. The van der Waals surface area contributed by atoms with Crippen molar-refractivity contribution in [3.63, 3.8) is 0 Å². The molecule has 2 aromatic rings. The number of anilines is 1. The molecule has 1 amide bonds. The Kier molecular flexibility index (Phi) is 4.48. The molecule has 0 aliphatic carbocycles. The van der Waals surface area contributed by atoms with Gasteiger partial charge >= 0.3 is 0 Å². The molecule has 0 unspecified atom stereocenters. The molecule has 2 rings (SSSR count). The molecule has 3 nitrogen and oxygen atoms in total. The van der Waals surface area contributed by atoms with Crippen molar-refractivity contribution in [2.45, 2.75) is 13.3 Å². The maximum absolute atomic E-state index is 13.3. The molecule has 0 radical (unpaired) electrons. The SMILES string of the molecule is Cc1cc(F)cc(C(=O)Nc2ccc(CCN)cc2)c1. The van der Waals surface area contributed by atoms with Gasteiger partial charge in [-0.05, 0) is 61.3 Å². The van der Waals surface area contributed by atoms with E-state index in [1.54, 1.807) is 13.0 Å². The van der Waals surface area contributed by atoms with Crippen LogP contribution in [0.3, 0.4) is 0 Å². The Labute approximate surface area is 117 Å². The molecule has 2 aromatic carbocycles. The van der Waals surface area contributed by atoms with Gasteiger partial charge in [0, 0.05) is 11.3 Å². The fourth-order valence-electron chi connectivity index (χ4n) is 1.99. The second-order valence-electron chi connectivity index (χ2n) is 4.71. The second-order valence-corrected chi connectivity index (χ2v) is 4.71. The van der Waals surface area contributed by atoms with Crippen LogP contribution in [0.1, 0.15) is 21.5 Å². The molecule has 0 spiro atoms. The lowest BCUT2D eigenvalue weighted by Gasteiger charge is -2.07. The van der Waals surface area contributed by atoms with E-state index < -0.39 is 5.82 Å². The Morgan fingerprint density at radius 3 is 2.50 bits per heavy atom. The van der Waals surface area contributed by atoms with Gasteiger partial charge in [0.1, 0.15) is 5.82 Å². The normalized spacial score (nSPS) is 10.3. The number of benzene rings is 2. The highest BCUT2D eigenvalue weighted by molar-refractivity contribution is 6.04. The van der Waals surface area contributed by atoms with Crippen LogP contribution in [0, 0.1) is 12.7 Å². The summed E-state index contributed by atoms with van der Waals surface area (Å²) in [6, 6.07) is 11.7. The number of rotatable bonds is 4. The summed E-state index contributed by atoms with van der Waals surface area (Å²) in [4.78, 5) is 12.0. The summed E-state index contributed by atoms with van der Waals surface area (Å²) in [6.45, 7) is 2.34. The van der Waals surface area contributed by atoms with E-state index in [0.717, 1.165) is 12.0 Å². The molecular formula is C16H17FN2O. The predicted molar refractivity (Wildman–Crippen MR) is 78.3 cm³/mol. The molecular weight excluding hydrogens is 255 g/mol. The van der Waals surface area contributed by atoms with Gasteiger partial charge in [0.2, 0.25) is 0 Å². The molecule has 0 bridgehead atoms. The summed E-state index contributed by atoms with van der Waals surface area (Å²) >= 11 is 0. The van der Waals surface area contributed by atoms with Crippen molar-refractivity contribution >= 4 is 11.6 Å². The van der Waals surface area contributed by atoms with Gasteiger partial charge < -0.3 is 11.1 Å². The second kappa shape index (κ2) is 6.30. The maximum Gasteiger partial charge on any atom is 0.255 e. The van der Waals surface area contributed by atoms with Crippen LogP contribution in [0.15, 0.2) is 42.5 Å². The smallest absolute Gasteiger partial charge is 0.255 e. The molecule has 0 aromatic heterocycles. The van der Waals surface area contributed by atoms with E-state index in [1.165, 1.54) is 12.1 Å². The minimum Gasteiger partial charge on any atom is -0.330 e. The first-order valence-corrected chi connectivity index (χ1v) is 6.46. The number of carbonyl (C=O) groups is 1. The molecule has 0 fully saturated rings. The van der Waals surface area contributed by atoms with Crippen LogP contribution in [0.4, 0.5) is 10.1 Å². The summed E-state index contributed by atoms with van der Waals surface area (Å²) in [6.07, 6.45) is 0.803. The number of hydrogen-bond acceptors (Lipinski definition) is 2. The van der Waals surface area contributed by atoms with Gasteiger partial charge in [-0.1, -0.05) is 12.1 Å². The van der Waals surface area contributed by atoms with Crippen molar-refractivity contribution in [3.05, 3.63) is 65.0 Å². The van der Waals surface area contributed by atoms with Crippen LogP contribution in [0.25, 0.3) is 0 Å². The zero-order chi connectivity index (χ0) is 14.5. The minimum atomic E-state index is -0.409. The lowest BCUT2D eigenvalue weighted by atomic mass is 10.1. The molecule has 20 heavy (non-hydrogen) atoms. The number of carbonyl (C=O) groups excluding carboxylic acids is 1. The maximum atomic E-state index is 13.3. The molecule has 0 heterocycles. The van der Waals surface area contributed by atoms with Crippen molar-refractivity contribution in [1.29, 1.82) is 0 Å². The number of hydrogen-bond donors (Lipinski definition) is 2. The summed E-state index contributed by atoms with van der Waals surface area (Å²) in [7, 11) is 0. The van der Waals surface area contributed by atoms with Crippen LogP contribution in [0.2, 0.25) is 0 Å². The van der Waals surface area contributed by atoms with Gasteiger partial charge in [-0.2, -0.15) is 0 Å². The highest BCUT2D eigenvalue weighted by Crippen LogP contribution is 2.13. The molecule has 0 saturated heterocycles. The van der Waals surface area contributed by atoms with Crippen molar-refractivity contribution < 1.29 is 9.18 Å². The van der Waals surface area contributed by atoms with Crippen LogP contribution in [-0.4, -0.2) is 12.5 Å². The third-order valence-corrected chi connectivity index (χ3v) is 2.95. The minimum absolute atomic E-state index is 0.313. The number of nitrogens with one attached hydrogen (secondary N) is 1. The van der Waals surface area contributed by atoms with E-state index in [1.807, 2.05) is 24.3 Å². The third kappa shape index (κ3) is 3.65. The van der Waals surface area contributed by atoms with Crippen molar-refractivity contribution in [2.24, 2.45) is 5.73 Å². The molecule has 104 valence electrons. The Morgan fingerprint density at radius 1 is 1.20 bits per heavy atom. The first-order valence-electron chi connectivity index (χ1n) is 6.46. The first-order chi connectivity index (χ1) is 9.58. The summed E-state index contributed by atoms with van der Waals surface area (Å²) < 4.78 is 13.3. The zero-order valence-corrected chi connectivity index (χ0v) is 11.3. The largest absolute Gasteiger partial charge is 0.330 e. The average Bonchev–Trinajstić information content (AvgIpc) is 2.40. The van der Waals surface area contributed by atoms with Gasteiger partial charge in [-0.15, -0.1) is 0 Å². The highest BCUT2D eigenvalue weighted by atomic mass is 19.1. The topological polar surface area (TPSA) is 55.1 Å². The van der Waals surface area contributed by atoms with Crippen molar-refractivity contribution in [3.8, 4) is 0 Å². The van der Waals surface area contributed by atoms with E-state index in [2.05, 4.69) is 5.32 Å². The van der Waals surface area contributed by atoms with E-state index in [4.69, 9.17) is 5.73 Å². The van der Waals surface area contributed by atoms with E-state index in [9.17, 15) is 9.18 Å². The number of amides is 1. The predicted octanol–water partition coefficient (Wildman–Crippen LogP) is 2.89. The molecule has 3 N–H and O–H groups in total. The molecule has 0 aliphatic heterocycles. The average molecular weight is 272 g/mol. The van der Waals surface area contributed by atoms with Crippen LogP contribution in [0.5, 0.6) is 0 Å². The van der Waals surface area contributed by atoms with E-state index in [-0.39, 0.29) is 5.91 Å². The first kappa shape index (κ1) is 14.2. The Morgan fingerprint density at radius 2 is 1.90 bits per heavy atom. The van der Waals surface area contributed by atoms with Gasteiger partial charge in [0.25, 0.3) is 5.91 Å². The lowest BCUT2D eigenvalue weighted by Crippen LogP contribution is -2.12. The van der Waals surface area contributed by atoms with Crippen molar-refractivity contribution in [2.75, 3.05) is 11.9 Å². The standard InChI is InChI=1S/C16H17FN2O/c1-11-8-13(10-14(17)9-11)16(20)19-15-4-2-12(3-5-15)6-7-18/h2-5,8-10H,6-7,18H2,1H3,(H,19,20). The van der Waals surface area contributed by atoms with Crippen molar-refractivity contribution in [1.82, 2.24) is 0 Å². The molecule has 0 aliphatic rings. The lowest BCUT2D eigenvalue weighted by molar-refractivity contribution is 0.102. The number of aryl methyl sites for hydroxylation is 1. The monoisotopic (exact) mass is 272 g/mol. The van der Waals surface area contributed by atoms with E-state index in [0.29, 0.717) is 23.4 Å². The molecule has 4 heteroatoms. The summed E-state index contributed by atoms with van der Waals surface area (Å²) in [5, 5.41) is 2.75. The van der Waals surface area contributed by atoms with Gasteiger partial charge in [0.15, 0.2) is 0 Å². The van der Waals surface area contributed by atoms with Gasteiger partial charge in [-0.3, -0.25) is 4.79 Å². The Hall–Kier alpha value is -2.20. The summed E-state index contributed by atoms with van der Waals surface area (Å²) in [5.41, 5.74) is 8.30. The fourth-order valence-corrected chi connectivity index (χ4v) is 1.99. The van der Waals surface area contributed by atoms with E-state index >= 15 is 0 Å². The van der Waals surface area contributed by atoms with Crippen LogP contribution >= 0.6 is 0 Å². The van der Waals surface area contributed by atoms with Crippen LogP contribution < -0.4 is 11.1 Å². The summed E-state index contributed by atoms with van der Waals surface area (Å²) in [5.74, 6) is -0.729. The Bertz CT molecular complexity index is 588. The number of nitrogens with two attached hydrogens (primary N) is 1. The molecule has 0 atom stereocenters. The fraction of sp³-hybridized carbons (Fsp3) is 0.188.